The fraction of sp³-hybridized carbons (Fsp3) is 0.211. The minimum atomic E-state index is 0.0452. The Bertz CT molecular complexity index is 810. The van der Waals surface area contributed by atoms with E-state index in [4.69, 9.17) is 0 Å². The number of carbonyl (C=O) groups is 1. The van der Waals surface area contributed by atoms with E-state index in [1.54, 1.807) is 17.5 Å². The lowest BCUT2D eigenvalue weighted by atomic mass is 10.1. The van der Waals surface area contributed by atoms with Crippen molar-refractivity contribution in [1.29, 1.82) is 0 Å². The molecule has 0 aliphatic rings. The topological polar surface area (TPSA) is 54.9 Å². The number of carbonyl (C=O) groups excluding carboxylic acids is 1. The molecule has 0 saturated carbocycles. The molecule has 2 aromatic heterocycles. The summed E-state index contributed by atoms with van der Waals surface area (Å²) in [5, 5.41) is 5.84. The molecule has 122 valence electrons. The number of aromatic nitrogens is 2. The number of amides is 1. The largest absolute Gasteiger partial charge is 0.326 e. The molecule has 3 rings (SSSR count). The van der Waals surface area contributed by atoms with Crippen molar-refractivity contribution in [2.75, 3.05) is 5.32 Å². The Kier molecular flexibility index (Phi) is 5.01. The standard InChI is InChI=1S/C19H19N3OS/c1-13(2)11-18(23)21-15-8-6-14(7-9-15)17-12-24-19(22-17)16-5-3-4-10-20-16/h3-10,12-13H,11H2,1-2H3,(H,21,23). The Hall–Kier alpha value is -2.53. The van der Waals surface area contributed by atoms with Crippen LogP contribution in [0.3, 0.4) is 0 Å². The van der Waals surface area contributed by atoms with E-state index in [9.17, 15) is 4.79 Å². The second-order valence-electron chi connectivity index (χ2n) is 5.98. The Morgan fingerprint density at radius 3 is 2.58 bits per heavy atom. The summed E-state index contributed by atoms with van der Waals surface area (Å²) in [6, 6.07) is 13.6. The van der Waals surface area contributed by atoms with Crippen LogP contribution in [-0.4, -0.2) is 15.9 Å². The van der Waals surface area contributed by atoms with E-state index in [2.05, 4.69) is 15.3 Å². The lowest BCUT2D eigenvalue weighted by molar-refractivity contribution is -0.116. The molecular formula is C19H19N3OS. The van der Waals surface area contributed by atoms with Crippen molar-refractivity contribution in [3.63, 3.8) is 0 Å². The van der Waals surface area contributed by atoms with E-state index < -0.39 is 0 Å². The van der Waals surface area contributed by atoms with Crippen molar-refractivity contribution in [3.05, 3.63) is 54.0 Å². The summed E-state index contributed by atoms with van der Waals surface area (Å²) in [7, 11) is 0. The van der Waals surface area contributed by atoms with Crippen LogP contribution in [0.5, 0.6) is 0 Å². The van der Waals surface area contributed by atoms with Crippen molar-refractivity contribution < 1.29 is 4.79 Å². The van der Waals surface area contributed by atoms with Crippen LogP contribution in [0.25, 0.3) is 22.0 Å². The zero-order valence-corrected chi connectivity index (χ0v) is 14.5. The monoisotopic (exact) mass is 337 g/mol. The third kappa shape index (κ3) is 4.06. The van der Waals surface area contributed by atoms with Gasteiger partial charge < -0.3 is 5.32 Å². The maximum atomic E-state index is 11.8. The fourth-order valence-electron chi connectivity index (χ4n) is 2.32. The van der Waals surface area contributed by atoms with E-state index in [1.165, 1.54) is 0 Å². The van der Waals surface area contributed by atoms with Gasteiger partial charge in [0, 0.05) is 29.2 Å². The lowest BCUT2D eigenvalue weighted by Gasteiger charge is -2.07. The number of benzene rings is 1. The second-order valence-corrected chi connectivity index (χ2v) is 6.83. The summed E-state index contributed by atoms with van der Waals surface area (Å²) in [5.74, 6) is 0.396. The molecule has 24 heavy (non-hydrogen) atoms. The number of hydrogen-bond donors (Lipinski definition) is 1. The summed E-state index contributed by atoms with van der Waals surface area (Å²) in [6.07, 6.45) is 2.30. The van der Waals surface area contributed by atoms with Crippen LogP contribution < -0.4 is 5.32 Å². The minimum Gasteiger partial charge on any atom is -0.326 e. The molecule has 0 fully saturated rings. The SMILES string of the molecule is CC(C)CC(=O)Nc1ccc(-c2csc(-c3ccccn3)n2)cc1. The summed E-state index contributed by atoms with van der Waals surface area (Å²) >= 11 is 1.58. The number of hydrogen-bond acceptors (Lipinski definition) is 4. The molecule has 0 aliphatic heterocycles. The minimum absolute atomic E-state index is 0.0452. The first-order valence-electron chi connectivity index (χ1n) is 7.89. The summed E-state index contributed by atoms with van der Waals surface area (Å²) < 4.78 is 0. The van der Waals surface area contributed by atoms with Gasteiger partial charge in [-0.3, -0.25) is 9.78 Å². The molecule has 0 saturated heterocycles. The van der Waals surface area contributed by atoms with Gasteiger partial charge in [0.15, 0.2) is 0 Å². The van der Waals surface area contributed by atoms with E-state index in [-0.39, 0.29) is 5.91 Å². The van der Waals surface area contributed by atoms with Gasteiger partial charge in [-0.05, 0) is 30.2 Å². The van der Waals surface area contributed by atoms with E-state index in [1.807, 2.05) is 61.7 Å². The third-order valence-electron chi connectivity index (χ3n) is 3.45. The van der Waals surface area contributed by atoms with Gasteiger partial charge in [-0.1, -0.05) is 32.0 Å². The highest BCUT2D eigenvalue weighted by atomic mass is 32.1. The highest BCUT2D eigenvalue weighted by Gasteiger charge is 2.08. The molecule has 2 heterocycles. The van der Waals surface area contributed by atoms with Crippen LogP contribution >= 0.6 is 11.3 Å². The summed E-state index contributed by atoms with van der Waals surface area (Å²) in [4.78, 5) is 20.8. The maximum Gasteiger partial charge on any atom is 0.224 e. The van der Waals surface area contributed by atoms with Crippen LogP contribution in [-0.2, 0) is 4.79 Å². The molecule has 0 spiro atoms. The van der Waals surface area contributed by atoms with E-state index >= 15 is 0 Å². The van der Waals surface area contributed by atoms with Crippen LogP contribution in [0.1, 0.15) is 20.3 Å². The zero-order chi connectivity index (χ0) is 16.9. The molecular weight excluding hydrogens is 318 g/mol. The normalized spacial score (nSPS) is 10.8. The molecule has 1 N–H and O–H groups in total. The van der Waals surface area contributed by atoms with Crippen molar-refractivity contribution in [2.24, 2.45) is 5.92 Å². The Labute approximate surface area is 145 Å². The molecule has 5 heteroatoms. The summed E-state index contributed by atoms with van der Waals surface area (Å²) in [6.45, 7) is 4.06. The van der Waals surface area contributed by atoms with Crippen LogP contribution in [0.2, 0.25) is 0 Å². The van der Waals surface area contributed by atoms with Crippen LogP contribution in [0.4, 0.5) is 5.69 Å². The number of thiazole rings is 1. The average molecular weight is 337 g/mol. The third-order valence-corrected chi connectivity index (χ3v) is 4.31. The Morgan fingerprint density at radius 2 is 1.92 bits per heavy atom. The van der Waals surface area contributed by atoms with E-state index in [0.717, 1.165) is 27.6 Å². The van der Waals surface area contributed by atoms with Gasteiger partial charge in [-0.15, -0.1) is 11.3 Å². The molecule has 3 aromatic rings. The fourth-order valence-corrected chi connectivity index (χ4v) is 3.12. The van der Waals surface area contributed by atoms with Gasteiger partial charge in [0.25, 0.3) is 0 Å². The summed E-state index contributed by atoms with van der Waals surface area (Å²) in [5.41, 5.74) is 3.63. The molecule has 0 unspecified atom stereocenters. The van der Waals surface area contributed by atoms with Crippen molar-refractivity contribution >= 4 is 22.9 Å². The number of nitrogens with zero attached hydrogens (tertiary/aromatic N) is 2. The van der Waals surface area contributed by atoms with Gasteiger partial charge >= 0.3 is 0 Å². The lowest BCUT2D eigenvalue weighted by Crippen LogP contribution is -2.13. The highest BCUT2D eigenvalue weighted by Crippen LogP contribution is 2.28. The van der Waals surface area contributed by atoms with E-state index in [0.29, 0.717) is 12.3 Å². The molecule has 0 aliphatic carbocycles. The Morgan fingerprint density at radius 1 is 1.12 bits per heavy atom. The number of anilines is 1. The first-order chi connectivity index (χ1) is 11.6. The van der Waals surface area contributed by atoms with Crippen molar-refractivity contribution in [1.82, 2.24) is 9.97 Å². The maximum absolute atomic E-state index is 11.8. The molecule has 1 amide bonds. The zero-order valence-electron chi connectivity index (χ0n) is 13.7. The van der Waals surface area contributed by atoms with Crippen LogP contribution in [0.15, 0.2) is 54.0 Å². The van der Waals surface area contributed by atoms with Crippen molar-refractivity contribution in [3.8, 4) is 22.0 Å². The first kappa shape index (κ1) is 16.3. The average Bonchev–Trinajstić information content (AvgIpc) is 3.05. The predicted octanol–water partition coefficient (Wildman–Crippen LogP) is 4.86. The number of rotatable bonds is 5. The van der Waals surface area contributed by atoms with Gasteiger partial charge in [-0.25, -0.2) is 4.98 Å². The second kappa shape index (κ2) is 7.36. The van der Waals surface area contributed by atoms with Gasteiger partial charge in [0.05, 0.1) is 11.4 Å². The molecule has 0 radical (unpaired) electrons. The molecule has 0 bridgehead atoms. The Balaban J connectivity index is 1.72. The van der Waals surface area contributed by atoms with Crippen LogP contribution in [0, 0.1) is 5.92 Å². The molecule has 1 aromatic carbocycles. The van der Waals surface area contributed by atoms with Crippen molar-refractivity contribution in [2.45, 2.75) is 20.3 Å². The molecule has 4 nitrogen and oxygen atoms in total. The highest BCUT2D eigenvalue weighted by molar-refractivity contribution is 7.13. The van der Waals surface area contributed by atoms with Gasteiger partial charge in [-0.2, -0.15) is 0 Å². The van der Waals surface area contributed by atoms with Gasteiger partial charge in [0.2, 0.25) is 5.91 Å². The number of pyridine rings is 1. The molecule has 0 atom stereocenters. The smallest absolute Gasteiger partial charge is 0.224 e. The number of nitrogens with one attached hydrogen (secondary N) is 1. The quantitative estimate of drug-likeness (QED) is 0.723. The van der Waals surface area contributed by atoms with Gasteiger partial charge in [0.1, 0.15) is 5.01 Å². The predicted molar refractivity (Wildman–Crippen MR) is 98.9 cm³/mol. The first-order valence-corrected chi connectivity index (χ1v) is 8.77.